The molecule has 1 aromatic heterocycles. The fourth-order valence-electron chi connectivity index (χ4n) is 1.58. The number of hydrogen-bond acceptors (Lipinski definition) is 4. The smallest absolute Gasteiger partial charge is 0.343 e. The van der Waals surface area contributed by atoms with Gasteiger partial charge in [0.15, 0.2) is 11.0 Å². The SMILES string of the molecule is CCn1c(Sc2ccc(C(=N)N)c(Br)c2F)n[nH]c1=O. The molecule has 9 heteroatoms. The van der Waals surface area contributed by atoms with E-state index >= 15 is 0 Å². The second-order valence-electron chi connectivity index (χ2n) is 3.81. The van der Waals surface area contributed by atoms with E-state index < -0.39 is 5.82 Å². The van der Waals surface area contributed by atoms with Crippen LogP contribution in [-0.2, 0) is 6.54 Å². The van der Waals surface area contributed by atoms with E-state index in [9.17, 15) is 9.18 Å². The number of benzene rings is 1. The molecule has 0 aliphatic carbocycles. The maximum Gasteiger partial charge on any atom is 0.343 e. The van der Waals surface area contributed by atoms with E-state index in [1.165, 1.54) is 10.6 Å². The van der Waals surface area contributed by atoms with E-state index in [1.807, 2.05) is 0 Å². The predicted molar refractivity (Wildman–Crippen MR) is 77.8 cm³/mol. The highest BCUT2D eigenvalue weighted by atomic mass is 79.9. The van der Waals surface area contributed by atoms with Crippen molar-refractivity contribution in [3.8, 4) is 0 Å². The summed E-state index contributed by atoms with van der Waals surface area (Å²) in [6.45, 7) is 2.23. The minimum atomic E-state index is -0.541. The number of nitrogen functional groups attached to an aromatic ring is 1. The van der Waals surface area contributed by atoms with Crippen LogP contribution in [0.3, 0.4) is 0 Å². The maximum atomic E-state index is 14.2. The molecule has 0 radical (unpaired) electrons. The van der Waals surface area contributed by atoms with E-state index in [1.54, 1.807) is 13.0 Å². The Morgan fingerprint density at radius 3 is 2.95 bits per heavy atom. The Morgan fingerprint density at radius 2 is 2.35 bits per heavy atom. The number of amidine groups is 1. The van der Waals surface area contributed by atoms with Crippen LogP contribution in [0, 0.1) is 11.2 Å². The highest BCUT2D eigenvalue weighted by Gasteiger charge is 2.16. The van der Waals surface area contributed by atoms with Crippen molar-refractivity contribution in [3.05, 3.63) is 38.5 Å². The zero-order valence-electron chi connectivity index (χ0n) is 10.4. The highest BCUT2D eigenvalue weighted by Crippen LogP contribution is 2.33. The van der Waals surface area contributed by atoms with Gasteiger partial charge in [-0.1, -0.05) is 0 Å². The van der Waals surface area contributed by atoms with Gasteiger partial charge in [-0.05, 0) is 46.7 Å². The zero-order chi connectivity index (χ0) is 14.9. The van der Waals surface area contributed by atoms with Gasteiger partial charge >= 0.3 is 5.69 Å². The standard InChI is InChI=1S/C11H11BrFN5OS/c1-2-18-10(19)16-17-11(18)20-6-4-3-5(9(14)15)7(12)8(6)13/h3-4H,2H2,1H3,(H3,14,15)(H,16,19). The van der Waals surface area contributed by atoms with Crippen LogP contribution >= 0.6 is 27.7 Å². The third kappa shape index (κ3) is 2.63. The van der Waals surface area contributed by atoms with Gasteiger partial charge in [0.25, 0.3) is 0 Å². The molecule has 1 heterocycles. The number of nitrogens with zero attached hydrogens (tertiary/aromatic N) is 2. The van der Waals surface area contributed by atoms with E-state index in [-0.39, 0.29) is 26.5 Å². The first-order chi connectivity index (χ1) is 9.45. The van der Waals surface area contributed by atoms with Gasteiger partial charge in [-0.15, -0.1) is 5.10 Å². The summed E-state index contributed by atoms with van der Waals surface area (Å²) in [7, 11) is 0. The highest BCUT2D eigenvalue weighted by molar-refractivity contribution is 9.10. The third-order valence-corrected chi connectivity index (χ3v) is 4.38. The van der Waals surface area contributed by atoms with Crippen molar-refractivity contribution in [1.29, 1.82) is 5.41 Å². The quantitative estimate of drug-likeness (QED) is 0.573. The predicted octanol–water partition coefficient (Wildman–Crippen LogP) is 1.93. The van der Waals surface area contributed by atoms with Gasteiger partial charge < -0.3 is 5.73 Å². The third-order valence-electron chi connectivity index (χ3n) is 2.58. The fourth-order valence-corrected chi connectivity index (χ4v) is 3.21. The summed E-state index contributed by atoms with van der Waals surface area (Å²) in [6.07, 6.45) is 0. The molecule has 0 fully saturated rings. The molecule has 0 spiro atoms. The van der Waals surface area contributed by atoms with Crippen LogP contribution in [-0.4, -0.2) is 20.6 Å². The molecule has 106 valence electrons. The normalized spacial score (nSPS) is 10.8. The van der Waals surface area contributed by atoms with E-state index in [0.29, 0.717) is 11.7 Å². The molecule has 0 aliphatic rings. The molecular formula is C11H11BrFN5OS. The summed E-state index contributed by atoms with van der Waals surface area (Å²) in [4.78, 5) is 11.7. The summed E-state index contributed by atoms with van der Waals surface area (Å²) in [5.41, 5.74) is 5.29. The van der Waals surface area contributed by atoms with Gasteiger partial charge in [0.1, 0.15) is 5.84 Å². The first kappa shape index (κ1) is 14.8. The number of nitrogens with one attached hydrogen (secondary N) is 2. The van der Waals surface area contributed by atoms with Crippen LogP contribution < -0.4 is 11.4 Å². The van der Waals surface area contributed by atoms with Crippen molar-refractivity contribution in [2.75, 3.05) is 0 Å². The lowest BCUT2D eigenvalue weighted by Gasteiger charge is -2.08. The molecule has 0 unspecified atom stereocenters. The fraction of sp³-hybridized carbons (Fsp3) is 0.182. The lowest BCUT2D eigenvalue weighted by atomic mass is 10.2. The van der Waals surface area contributed by atoms with Crippen molar-refractivity contribution in [3.63, 3.8) is 0 Å². The Morgan fingerprint density at radius 1 is 1.65 bits per heavy atom. The van der Waals surface area contributed by atoms with Crippen LogP contribution in [0.25, 0.3) is 0 Å². The van der Waals surface area contributed by atoms with Gasteiger partial charge in [-0.2, -0.15) is 0 Å². The van der Waals surface area contributed by atoms with Gasteiger partial charge in [-0.25, -0.2) is 14.3 Å². The lowest BCUT2D eigenvalue weighted by molar-refractivity contribution is 0.593. The number of aromatic amines is 1. The molecule has 0 amide bonds. The molecule has 4 N–H and O–H groups in total. The van der Waals surface area contributed by atoms with Crippen molar-refractivity contribution in [2.24, 2.45) is 5.73 Å². The van der Waals surface area contributed by atoms with Crippen LogP contribution in [0.2, 0.25) is 0 Å². The molecule has 0 atom stereocenters. The molecule has 0 saturated heterocycles. The molecule has 0 bridgehead atoms. The molecule has 20 heavy (non-hydrogen) atoms. The van der Waals surface area contributed by atoms with Crippen molar-refractivity contribution in [1.82, 2.24) is 14.8 Å². The van der Waals surface area contributed by atoms with Crippen molar-refractivity contribution >= 4 is 33.5 Å². The van der Waals surface area contributed by atoms with E-state index in [2.05, 4.69) is 26.1 Å². The Kier molecular flexibility index (Phi) is 4.29. The number of hydrogen-bond donors (Lipinski definition) is 3. The topological polar surface area (TPSA) is 101 Å². The molecule has 0 aliphatic heterocycles. The minimum absolute atomic E-state index is 0.121. The monoisotopic (exact) mass is 359 g/mol. The van der Waals surface area contributed by atoms with E-state index in [4.69, 9.17) is 11.1 Å². The zero-order valence-corrected chi connectivity index (χ0v) is 12.8. The molecule has 1 aromatic carbocycles. The minimum Gasteiger partial charge on any atom is -0.384 e. The number of halogens is 2. The average Bonchev–Trinajstić information content (AvgIpc) is 2.75. The lowest BCUT2D eigenvalue weighted by Crippen LogP contribution is -2.16. The molecule has 2 rings (SSSR count). The summed E-state index contributed by atoms with van der Waals surface area (Å²) in [5, 5.41) is 13.9. The van der Waals surface area contributed by atoms with Crippen molar-refractivity contribution < 1.29 is 4.39 Å². The molecule has 6 nitrogen and oxygen atoms in total. The second kappa shape index (κ2) is 5.80. The largest absolute Gasteiger partial charge is 0.384 e. The first-order valence-corrected chi connectivity index (χ1v) is 7.22. The molecule has 0 saturated carbocycles. The second-order valence-corrected chi connectivity index (χ2v) is 5.61. The number of nitrogens with two attached hydrogens (primary N) is 1. The summed E-state index contributed by atoms with van der Waals surface area (Å²) < 4.78 is 15.7. The Labute approximate surface area is 126 Å². The molecular weight excluding hydrogens is 349 g/mol. The molecule has 2 aromatic rings. The average molecular weight is 360 g/mol. The van der Waals surface area contributed by atoms with Crippen molar-refractivity contribution in [2.45, 2.75) is 23.5 Å². The van der Waals surface area contributed by atoms with Crippen LogP contribution in [0.5, 0.6) is 0 Å². The van der Waals surface area contributed by atoms with Gasteiger partial charge in [0, 0.05) is 12.1 Å². The maximum absolute atomic E-state index is 14.2. The van der Waals surface area contributed by atoms with Crippen LogP contribution in [0.4, 0.5) is 4.39 Å². The Hall–Kier alpha value is -1.61. The van der Waals surface area contributed by atoms with Crippen LogP contribution in [0.1, 0.15) is 12.5 Å². The van der Waals surface area contributed by atoms with Gasteiger partial charge in [-0.3, -0.25) is 9.98 Å². The number of H-pyrrole nitrogens is 1. The van der Waals surface area contributed by atoms with E-state index in [0.717, 1.165) is 11.8 Å². The van der Waals surface area contributed by atoms with Gasteiger partial charge in [0.05, 0.1) is 9.37 Å². The summed E-state index contributed by atoms with van der Waals surface area (Å²) >= 11 is 4.10. The summed E-state index contributed by atoms with van der Waals surface area (Å²) in [6, 6.07) is 3.04. The Balaban J connectivity index is 2.42. The van der Waals surface area contributed by atoms with Gasteiger partial charge in [0.2, 0.25) is 0 Å². The number of aromatic nitrogens is 3. The first-order valence-electron chi connectivity index (χ1n) is 5.61. The summed E-state index contributed by atoms with van der Waals surface area (Å²) in [5.74, 6) is -0.765. The van der Waals surface area contributed by atoms with Crippen LogP contribution in [0.15, 0.2) is 31.5 Å². The number of rotatable bonds is 4. The Bertz CT molecular complexity index is 726.